The fraction of sp³-hybridized carbons (Fsp3) is 0.435. The van der Waals surface area contributed by atoms with Crippen molar-refractivity contribution >= 4 is 26.9 Å². The van der Waals surface area contributed by atoms with Crippen LogP contribution in [0.15, 0.2) is 42.7 Å². The number of nitriles is 1. The van der Waals surface area contributed by atoms with Crippen molar-refractivity contribution in [2.24, 2.45) is 0 Å². The van der Waals surface area contributed by atoms with Crippen LogP contribution in [0.4, 0.5) is 5.95 Å². The van der Waals surface area contributed by atoms with E-state index >= 15 is 0 Å². The van der Waals surface area contributed by atoms with Crippen LogP contribution in [0.5, 0.6) is 0 Å². The topological polar surface area (TPSA) is 104 Å². The molecule has 1 saturated carbocycles. The van der Waals surface area contributed by atoms with E-state index in [-0.39, 0.29) is 18.0 Å². The Morgan fingerprint density at radius 2 is 1.97 bits per heavy atom. The number of benzene rings is 1. The van der Waals surface area contributed by atoms with Gasteiger partial charge in [0.1, 0.15) is 5.82 Å². The molecule has 0 radical (unpaired) electrons. The molecule has 1 atom stereocenters. The van der Waals surface area contributed by atoms with Crippen molar-refractivity contribution in [3.05, 3.63) is 48.3 Å². The molecular formula is C23H28N6O2S. The monoisotopic (exact) mass is 452 g/mol. The number of anilines is 1. The Kier molecular flexibility index (Phi) is 6.17. The van der Waals surface area contributed by atoms with Crippen molar-refractivity contribution in [1.82, 2.24) is 18.8 Å². The lowest BCUT2D eigenvalue weighted by atomic mass is 9.91. The molecule has 0 spiro atoms. The molecule has 9 heteroatoms. The molecule has 1 aliphatic rings. The highest BCUT2D eigenvalue weighted by molar-refractivity contribution is 7.88. The molecular weight excluding hydrogens is 424 g/mol. The number of nitrogens with zero attached hydrogens (tertiary/aromatic N) is 5. The molecule has 168 valence electrons. The molecule has 1 aromatic carbocycles. The Morgan fingerprint density at radius 3 is 2.66 bits per heavy atom. The highest BCUT2D eigenvalue weighted by Gasteiger charge is 2.28. The molecule has 1 unspecified atom stereocenters. The highest BCUT2D eigenvalue weighted by atomic mass is 32.2. The Labute approximate surface area is 189 Å². The van der Waals surface area contributed by atoms with Gasteiger partial charge in [0.05, 0.1) is 23.8 Å². The number of fused-ring (bicyclic) bond motifs is 1. The van der Waals surface area contributed by atoms with Gasteiger partial charge >= 0.3 is 0 Å². The van der Waals surface area contributed by atoms with Crippen molar-refractivity contribution in [3.63, 3.8) is 0 Å². The summed E-state index contributed by atoms with van der Waals surface area (Å²) in [7, 11) is -1.51. The molecule has 4 rings (SSSR count). The van der Waals surface area contributed by atoms with Crippen LogP contribution in [0.2, 0.25) is 0 Å². The first kappa shape index (κ1) is 22.2. The van der Waals surface area contributed by atoms with Crippen LogP contribution in [-0.4, -0.2) is 52.6 Å². The molecule has 0 bridgehead atoms. The average Bonchev–Trinajstić information content (AvgIpc) is 3.22. The maximum absolute atomic E-state index is 11.8. The number of sulfonamides is 1. The van der Waals surface area contributed by atoms with Crippen molar-refractivity contribution in [3.8, 4) is 11.9 Å². The first-order chi connectivity index (χ1) is 15.3. The van der Waals surface area contributed by atoms with E-state index in [0.717, 1.165) is 48.0 Å². The van der Waals surface area contributed by atoms with E-state index in [1.165, 1.54) is 10.6 Å². The van der Waals surface area contributed by atoms with Gasteiger partial charge in [-0.3, -0.25) is 0 Å². The smallest absolute Gasteiger partial charge is 0.224 e. The lowest BCUT2D eigenvalue weighted by molar-refractivity contribution is 0.276. The van der Waals surface area contributed by atoms with Gasteiger partial charge in [-0.05, 0) is 56.4 Å². The number of nitrogens with one attached hydrogen (secondary N) is 1. The van der Waals surface area contributed by atoms with Gasteiger partial charge in [0.25, 0.3) is 0 Å². The SMILES string of the molecule is CC(C#N)c1cccc2c1ccn2-c1ccnc(N[C@H]2CC[C@H](N(C)S(C)(=O)=O)CC2)n1. The van der Waals surface area contributed by atoms with E-state index in [0.29, 0.717) is 5.95 Å². The van der Waals surface area contributed by atoms with Crippen LogP contribution in [0, 0.1) is 11.3 Å². The Balaban J connectivity index is 1.50. The number of aromatic nitrogens is 3. The zero-order valence-corrected chi connectivity index (χ0v) is 19.4. The molecule has 1 aliphatic carbocycles. The van der Waals surface area contributed by atoms with Gasteiger partial charge < -0.3 is 9.88 Å². The highest BCUT2D eigenvalue weighted by Crippen LogP contribution is 2.29. The second-order valence-corrected chi connectivity index (χ2v) is 10.5. The lowest BCUT2D eigenvalue weighted by Crippen LogP contribution is -2.41. The lowest BCUT2D eigenvalue weighted by Gasteiger charge is -2.33. The van der Waals surface area contributed by atoms with E-state index in [9.17, 15) is 13.7 Å². The van der Waals surface area contributed by atoms with E-state index in [2.05, 4.69) is 16.4 Å². The van der Waals surface area contributed by atoms with Crippen LogP contribution in [0.1, 0.15) is 44.1 Å². The molecule has 2 heterocycles. The van der Waals surface area contributed by atoms with Crippen LogP contribution >= 0.6 is 0 Å². The molecule has 0 aliphatic heterocycles. The number of rotatable bonds is 6. The summed E-state index contributed by atoms with van der Waals surface area (Å²) in [6, 6.07) is 12.4. The minimum Gasteiger partial charge on any atom is -0.351 e. The number of hydrogen-bond acceptors (Lipinski definition) is 6. The van der Waals surface area contributed by atoms with Crippen molar-refractivity contribution in [2.45, 2.75) is 50.6 Å². The summed E-state index contributed by atoms with van der Waals surface area (Å²) in [6.45, 7) is 1.90. The minimum atomic E-state index is -3.17. The summed E-state index contributed by atoms with van der Waals surface area (Å²) in [6.07, 6.45) is 8.30. The summed E-state index contributed by atoms with van der Waals surface area (Å²) in [5.74, 6) is 1.13. The Morgan fingerprint density at radius 1 is 1.22 bits per heavy atom. The maximum Gasteiger partial charge on any atom is 0.224 e. The summed E-state index contributed by atoms with van der Waals surface area (Å²) in [4.78, 5) is 9.11. The third-order valence-corrected chi connectivity index (χ3v) is 7.73. The van der Waals surface area contributed by atoms with Gasteiger partial charge in [0.2, 0.25) is 16.0 Å². The van der Waals surface area contributed by atoms with Crippen LogP contribution in [-0.2, 0) is 10.0 Å². The van der Waals surface area contributed by atoms with E-state index in [1.54, 1.807) is 13.2 Å². The number of hydrogen-bond donors (Lipinski definition) is 1. The minimum absolute atomic E-state index is 0.0477. The molecule has 32 heavy (non-hydrogen) atoms. The van der Waals surface area contributed by atoms with Gasteiger partial charge in [-0.1, -0.05) is 12.1 Å². The van der Waals surface area contributed by atoms with Crippen LogP contribution in [0.3, 0.4) is 0 Å². The van der Waals surface area contributed by atoms with E-state index in [1.807, 2.05) is 48.0 Å². The molecule has 3 aromatic rings. The standard InChI is InChI=1S/C23H28N6O2S/c1-16(15-24)19-5-4-6-21-20(19)12-14-29(21)22-11-13-25-23(27-22)26-17-7-9-18(10-8-17)28(2)32(3,30)31/h4-6,11-14,16-18H,7-10H2,1-3H3,(H,25,26,27)/t16?,17-,18-. The van der Waals surface area contributed by atoms with Gasteiger partial charge in [-0.2, -0.15) is 10.2 Å². The van der Waals surface area contributed by atoms with Crippen molar-refractivity contribution in [2.75, 3.05) is 18.6 Å². The molecule has 8 nitrogen and oxygen atoms in total. The predicted molar refractivity (Wildman–Crippen MR) is 125 cm³/mol. The quantitative estimate of drug-likeness (QED) is 0.612. The molecule has 2 aromatic heterocycles. The molecule has 1 fully saturated rings. The molecule has 0 amide bonds. The first-order valence-electron chi connectivity index (χ1n) is 10.8. The Hall–Kier alpha value is -2.96. The maximum atomic E-state index is 11.8. The third-order valence-electron chi connectivity index (χ3n) is 6.38. The van der Waals surface area contributed by atoms with Crippen LogP contribution in [0.25, 0.3) is 16.7 Å². The van der Waals surface area contributed by atoms with Crippen molar-refractivity contribution in [1.29, 1.82) is 5.26 Å². The molecule has 1 N–H and O–H groups in total. The summed E-state index contributed by atoms with van der Waals surface area (Å²) in [5.41, 5.74) is 2.01. The fourth-order valence-corrected chi connectivity index (χ4v) is 5.18. The summed E-state index contributed by atoms with van der Waals surface area (Å²) in [5, 5.41) is 13.8. The summed E-state index contributed by atoms with van der Waals surface area (Å²) < 4.78 is 27.1. The average molecular weight is 453 g/mol. The zero-order valence-electron chi connectivity index (χ0n) is 18.6. The van der Waals surface area contributed by atoms with Gasteiger partial charge in [0, 0.05) is 36.9 Å². The second-order valence-electron chi connectivity index (χ2n) is 8.48. The van der Waals surface area contributed by atoms with E-state index < -0.39 is 10.0 Å². The predicted octanol–water partition coefficient (Wildman–Crippen LogP) is 3.66. The third kappa shape index (κ3) is 4.47. The van der Waals surface area contributed by atoms with E-state index in [4.69, 9.17) is 4.98 Å². The first-order valence-corrected chi connectivity index (χ1v) is 12.7. The second kappa shape index (κ2) is 8.88. The largest absolute Gasteiger partial charge is 0.351 e. The molecule has 0 saturated heterocycles. The Bertz CT molecular complexity index is 1250. The van der Waals surface area contributed by atoms with Crippen LogP contribution < -0.4 is 5.32 Å². The van der Waals surface area contributed by atoms with Gasteiger partial charge in [0.15, 0.2) is 0 Å². The van der Waals surface area contributed by atoms with Gasteiger partial charge in [-0.15, -0.1) is 0 Å². The summed E-state index contributed by atoms with van der Waals surface area (Å²) >= 11 is 0. The van der Waals surface area contributed by atoms with Crippen molar-refractivity contribution < 1.29 is 8.42 Å². The van der Waals surface area contributed by atoms with Gasteiger partial charge in [-0.25, -0.2) is 17.7 Å². The zero-order chi connectivity index (χ0) is 22.9. The fourth-order valence-electron chi connectivity index (χ4n) is 4.43. The normalized spacial score (nSPS) is 20.2.